The molecule has 0 spiro atoms. The number of hydrogen-bond acceptors (Lipinski definition) is 3. The van der Waals surface area contributed by atoms with Crippen molar-refractivity contribution in [1.29, 1.82) is 0 Å². The molecular formula is C12H18FN3O. The van der Waals surface area contributed by atoms with E-state index in [0.717, 1.165) is 25.2 Å². The molecule has 1 aromatic rings. The van der Waals surface area contributed by atoms with Gasteiger partial charge < -0.3 is 15.8 Å². The quantitative estimate of drug-likeness (QED) is 0.358. The molecule has 0 unspecified atom stereocenters. The lowest BCUT2D eigenvalue weighted by Crippen LogP contribution is -2.27. The largest absolute Gasteiger partial charge is 0.409 e. The predicted octanol–water partition coefficient (Wildman–Crippen LogP) is 2.16. The molecule has 1 aromatic carbocycles. The molecule has 0 saturated carbocycles. The minimum atomic E-state index is -0.400. The lowest BCUT2D eigenvalue weighted by Gasteiger charge is -2.24. The molecule has 0 bridgehead atoms. The summed E-state index contributed by atoms with van der Waals surface area (Å²) in [5, 5.41) is 11.6. The lowest BCUT2D eigenvalue weighted by atomic mass is 10.1. The van der Waals surface area contributed by atoms with E-state index in [1.807, 2.05) is 6.92 Å². The first-order chi connectivity index (χ1) is 8.13. The number of nitrogens with two attached hydrogens (primary N) is 1. The smallest absolute Gasteiger partial charge is 0.172 e. The van der Waals surface area contributed by atoms with Gasteiger partial charge >= 0.3 is 0 Å². The predicted molar refractivity (Wildman–Crippen MR) is 67.1 cm³/mol. The molecule has 0 aliphatic rings. The zero-order valence-corrected chi connectivity index (χ0v) is 10.2. The van der Waals surface area contributed by atoms with Crippen LogP contribution in [0.3, 0.4) is 0 Å². The molecule has 0 radical (unpaired) electrons. The van der Waals surface area contributed by atoms with Gasteiger partial charge in [-0.25, -0.2) is 4.39 Å². The Kier molecular flexibility index (Phi) is 4.75. The summed E-state index contributed by atoms with van der Waals surface area (Å²) >= 11 is 0. The first kappa shape index (κ1) is 13.3. The zero-order valence-electron chi connectivity index (χ0n) is 10.2. The third-order valence-electron chi connectivity index (χ3n) is 2.56. The summed E-state index contributed by atoms with van der Waals surface area (Å²) in [6.07, 6.45) is 0.973. The highest BCUT2D eigenvalue weighted by Crippen LogP contribution is 2.21. The Morgan fingerprint density at radius 2 is 2.18 bits per heavy atom. The van der Waals surface area contributed by atoms with Gasteiger partial charge in [-0.3, -0.25) is 0 Å². The van der Waals surface area contributed by atoms with Crippen molar-refractivity contribution in [3.8, 4) is 0 Å². The van der Waals surface area contributed by atoms with Gasteiger partial charge in [0.05, 0.1) is 0 Å². The van der Waals surface area contributed by atoms with Crippen LogP contribution >= 0.6 is 0 Å². The standard InChI is InChI=1S/C12H18FN3O/c1-3-7-16(4-2)11-6-5-9(13)8-10(11)12(14)15-17/h5-6,8,17H,3-4,7H2,1-2H3,(H2,14,15). The fourth-order valence-electron chi connectivity index (χ4n) is 1.76. The number of rotatable bonds is 5. The molecule has 1 rings (SSSR count). The second-order valence-corrected chi connectivity index (χ2v) is 3.73. The molecule has 0 fully saturated rings. The zero-order chi connectivity index (χ0) is 12.8. The van der Waals surface area contributed by atoms with Crippen LogP contribution in [0.25, 0.3) is 0 Å². The van der Waals surface area contributed by atoms with E-state index in [2.05, 4.69) is 17.0 Å². The monoisotopic (exact) mass is 239 g/mol. The van der Waals surface area contributed by atoms with Crippen molar-refractivity contribution in [3.63, 3.8) is 0 Å². The Morgan fingerprint density at radius 3 is 2.71 bits per heavy atom. The highest BCUT2D eigenvalue weighted by molar-refractivity contribution is 6.02. The van der Waals surface area contributed by atoms with E-state index in [-0.39, 0.29) is 5.84 Å². The Balaban J connectivity index is 3.21. The third kappa shape index (κ3) is 3.09. The van der Waals surface area contributed by atoms with Gasteiger partial charge in [0.2, 0.25) is 0 Å². The normalized spacial score (nSPS) is 11.6. The van der Waals surface area contributed by atoms with Crippen LogP contribution in [0.2, 0.25) is 0 Å². The average Bonchev–Trinajstić information content (AvgIpc) is 2.35. The molecule has 94 valence electrons. The second-order valence-electron chi connectivity index (χ2n) is 3.73. The van der Waals surface area contributed by atoms with E-state index < -0.39 is 5.82 Å². The molecule has 3 N–H and O–H groups in total. The number of halogens is 1. The van der Waals surface area contributed by atoms with Crippen molar-refractivity contribution in [2.24, 2.45) is 10.9 Å². The van der Waals surface area contributed by atoms with Crippen molar-refractivity contribution < 1.29 is 9.60 Å². The number of nitrogens with zero attached hydrogens (tertiary/aromatic N) is 2. The van der Waals surface area contributed by atoms with Gasteiger partial charge in [-0.2, -0.15) is 0 Å². The molecule has 17 heavy (non-hydrogen) atoms. The number of oxime groups is 1. The van der Waals surface area contributed by atoms with E-state index >= 15 is 0 Å². The Hall–Kier alpha value is -1.78. The number of amidine groups is 1. The summed E-state index contributed by atoms with van der Waals surface area (Å²) in [6.45, 7) is 5.70. The second kappa shape index (κ2) is 6.08. The van der Waals surface area contributed by atoms with Crippen LogP contribution in [-0.2, 0) is 0 Å². The number of benzene rings is 1. The molecule has 0 aliphatic carbocycles. The maximum absolute atomic E-state index is 13.2. The van der Waals surface area contributed by atoms with Crippen LogP contribution in [0.5, 0.6) is 0 Å². The topological polar surface area (TPSA) is 61.8 Å². The van der Waals surface area contributed by atoms with E-state index in [1.165, 1.54) is 12.1 Å². The highest BCUT2D eigenvalue weighted by Gasteiger charge is 2.13. The van der Waals surface area contributed by atoms with E-state index in [1.54, 1.807) is 6.07 Å². The van der Waals surface area contributed by atoms with Crippen LogP contribution in [0.1, 0.15) is 25.8 Å². The molecule has 0 saturated heterocycles. The van der Waals surface area contributed by atoms with Crippen LogP contribution in [-0.4, -0.2) is 24.1 Å². The Labute approximate surface area is 101 Å². The Bertz CT molecular complexity index is 407. The van der Waals surface area contributed by atoms with Crippen LogP contribution in [0.15, 0.2) is 23.4 Å². The summed E-state index contributed by atoms with van der Waals surface area (Å²) < 4.78 is 13.2. The van der Waals surface area contributed by atoms with E-state index in [0.29, 0.717) is 5.56 Å². The molecular weight excluding hydrogens is 221 g/mol. The van der Waals surface area contributed by atoms with Gasteiger partial charge in [0, 0.05) is 24.3 Å². The van der Waals surface area contributed by atoms with Gasteiger partial charge in [0.15, 0.2) is 5.84 Å². The van der Waals surface area contributed by atoms with Crippen molar-refractivity contribution in [2.75, 3.05) is 18.0 Å². The molecule has 4 nitrogen and oxygen atoms in total. The lowest BCUT2D eigenvalue weighted by molar-refractivity contribution is 0.318. The first-order valence-electron chi connectivity index (χ1n) is 5.66. The van der Waals surface area contributed by atoms with E-state index in [9.17, 15) is 4.39 Å². The SMILES string of the molecule is CCCN(CC)c1ccc(F)cc1C(N)=NO. The molecule has 0 heterocycles. The van der Waals surface area contributed by atoms with Crippen molar-refractivity contribution in [2.45, 2.75) is 20.3 Å². The first-order valence-corrected chi connectivity index (χ1v) is 5.66. The fraction of sp³-hybridized carbons (Fsp3) is 0.417. The highest BCUT2D eigenvalue weighted by atomic mass is 19.1. The Morgan fingerprint density at radius 1 is 1.47 bits per heavy atom. The molecule has 0 atom stereocenters. The molecule has 0 aromatic heterocycles. The maximum atomic E-state index is 13.2. The average molecular weight is 239 g/mol. The summed E-state index contributed by atoms with van der Waals surface area (Å²) in [4.78, 5) is 2.06. The van der Waals surface area contributed by atoms with Gasteiger partial charge in [-0.15, -0.1) is 0 Å². The van der Waals surface area contributed by atoms with Crippen molar-refractivity contribution in [1.82, 2.24) is 0 Å². The van der Waals surface area contributed by atoms with Crippen molar-refractivity contribution >= 4 is 11.5 Å². The minimum absolute atomic E-state index is 0.0750. The maximum Gasteiger partial charge on any atom is 0.172 e. The fourth-order valence-corrected chi connectivity index (χ4v) is 1.76. The van der Waals surface area contributed by atoms with Crippen molar-refractivity contribution in [3.05, 3.63) is 29.6 Å². The van der Waals surface area contributed by atoms with Crippen LogP contribution in [0.4, 0.5) is 10.1 Å². The summed E-state index contributed by atoms with van der Waals surface area (Å²) in [5.41, 5.74) is 6.76. The van der Waals surface area contributed by atoms with Crippen LogP contribution < -0.4 is 10.6 Å². The van der Waals surface area contributed by atoms with Gasteiger partial charge in [0.1, 0.15) is 5.82 Å². The third-order valence-corrected chi connectivity index (χ3v) is 2.56. The minimum Gasteiger partial charge on any atom is -0.409 e. The molecule has 0 amide bonds. The number of hydrogen-bond donors (Lipinski definition) is 2. The summed E-state index contributed by atoms with van der Waals surface area (Å²) in [5.74, 6) is -0.475. The van der Waals surface area contributed by atoms with Gasteiger partial charge in [-0.1, -0.05) is 12.1 Å². The number of anilines is 1. The van der Waals surface area contributed by atoms with Gasteiger partial charge in [-0.05, 0) is 31.5 Å². The molecule has 5 heteroatoms. The van der Waals surface area contributed by atoms with Gasteiger partial charge in [0.25, 0.3) is 0 Å². The van der Waals surface area contributed by atoms with Crippen LogP contribution in [0, 0.1) is 5.82 Å². The molecule has 0 aliphatic heterocycles. The summed E-state index contributed by atoms with van der Waals surface area (Å²) in [6, 6.07) is 4.31. The summed E-state index contributed by atoms with van der Waals surface area (Å²) in [7, 11) is 0. The van der Waals surface area contributed by atoms with E-state index in [4.69, 9.17) is 10.9 Å².